The summed E-state index contributed by atoms with van der Waals surface area (Å²) in [5.74, 6) is 1.00. The van der Waals surface area contributed by atoms with Crippen molar-refractivity contribution < 1.29 is 9.53 Å². The van der Waals surface area contributed by atoms with Crippen LogP contribution in [-0.2, 0) is 0 Å². The van der Waals surface area contributed by atoms with Crippen LogP contribution in [0, 0.1) is 6.92 Å². The number of benzene rings is 1. The van der Waals surface area contributed by atoms with Crippen LogP contribution in [0.25, 0.3) is 0 Å². The van der Waals surface area contributed by atoms with Crippen LogP contribution < -0.4 is 10.1 Å². The van der Waals surface area contributed by atoms with E-state index in [4.69, 9.17) is 4.74 Å². The Morgan fingerprint density at radius 3 is 2.89 bits per heavy atom. The van der Waals surface area contributed by atoms with Crippen LogP contribution in [0.3, 0.4) is 0 Å². The predicted molar refractivity (Wildman–Crippen MR) is 74.8 cm³/mol. The van der Waals surface area contributed by atoms with Gasteiger partial charge in [0.05, 0.1) is 12.2 Å². The van der Waals surface area contributed by atoms with Crippen molar-refractivity contribution in [3.8, 4) is 5.75 Å². The molecule has 100 valence electrons. The van der Waals surface area contributed by atoms with Gasteiger partial charge in [0.2, 0.25) is 5.13 Å². The molecular formula is C13H15N3O2S. The van der Waals surface area contributed by atoms with E-state index in [0.717, 1.165) is 18.0 Å². The first-order valence-electron chi connectivity index (χ1n) is 6.04. The minimum Gasteiger partial charge on any atom is -0.493 e. The first-order valence-corrected chi connectivity index (χ1v) is 6.81. The van der Waals surface area contributed by atoms with Crippen molar-refractivity contribution in [2.75, 3.05) is 11.9 Å². The Bertz CT molecular complexity index is 569. The van der Waals surface area contributed by atoms with E-state index < -0.39 is 0 Å². The number of ether oxygens (including phenoxy) is 1. The lowest BCUT2D eigenvalue weighted by Gasteiger charge is -2.09. The van der Waals surface area contributed by atoms with Crippen molar-refractivity contribution >= 4 is 22.6 Å². The highest BCUT2D eigenvalue weighted by molar-refractivity contribution is 7.09. The molecular weight excluding hydrogens is 262 g/mol. The molecule has 0 radical (unpaired) electrons. The van der Waals surface area contributed by atoms with E-state index in [-0.39, 0.29) is 5.91 Å². The molecule has 0 spiro atoms. The second-order valence-corrected chi connectivity index (χ2v) is 4.70. The van der Waals surface area contributed by atoms with Crippen molar-refractivity contribution in [2.45, 2.75) is 20.3 Å². The van der Waals surface area contributed by atoms with Crippen molar-refractivity contribution in [3.05, 3.63) is 35.7 Å². The minimum atomic E-state index is -0.233. The number of amides is 1. The highest BCUT2D eigenvalue weighted by Crippen LogP contribution is 2.20. The fourth-order valence-corrected chi connectivity index (χ4v) is 2.08. The summed E-state index contributed by atoms with van der Waals surface area (Å²) >= 11 is 1.16. The molecule has 0 atom stereocenters. The second-order valence-electron chi connectivity index (χ2n) is 3.95. The quantitative estimate of drug-likeness (QED) is 0.912. The van der Waals surface area contributed by atoms with Gasteiger partial charge in [-0.2, -0.15) is 4.37 Å². The van der Waals surface area contributed by atoms with Gasteiger partial charge in [0, 0.05) is 11.5 Å². The second kappa shape index (κ2) is 6.29. The third kappa shape index (κ3) is 3.51. The molecule has 19 heavy (non-hydrogen) atoms. The van der Waals surface area contributed by atoms with Gasteiger partial charge in [-0.3, -0.25) is 10.1 Å². The van der Waals surface area contributed by atoms with Crippen LogP contribution in [0.5, 0.6) is 5.75 Å². The van der Waals surface area contributed by atoms with Crippen LogP contribution >= 0.6 is 11.5 Å². The zero-order chi connectivity index (χ0) is 13.7. The van der Waals surface area contributed by atoms with E-state index in [0.29, 0.717) is 28.9 Å². The van der Waals surface area contributed by atoms with Crippen molar-refractivity contribution in [1.29, 1.82) is 0 Å². The first-order chi connectivity index (χ1) is 9.20. The zero-order valence-corrected chi connectivity index (χ0v) is 11.7. The summed E-state index contributed by atoms with van der Waals surface area (Å²) in [6.07, 6.45) is 0.894. The number of carbonyl (C=O) groups is 1. The molecule has 1 aromatic carbocycles. The van der Waals surface area contributed by atoms with Gasteiger partial charge in [-0.05, 0) is 25.5 Å². The molecule has 1 N–H and O–H groups in total. The maximum Gasteiger partial charge on any atom is 0.261 e. The molecule has 0 aliphatic rings. The Morgan fingerprint density at radius 2 is 2.21 bits per heavy atom. The minimum absolute atomic E-state index is 0.233. The highest BCUT2D eigenvalue weighted by atomic mass is 32.1. The Balaban J connectivity index is 2.14. The maximum atomic E-state index is 12.2. The monoisotopic (exact) mass is 277 g/mol. The van der Waals surface area contributed by atoms with Crippen LogP contribution in [0.1, 0.15) is 29.5 Å². The lowest BCUT2D eigenvalue weighted by atomic mass is 10.2. The largest absolute Gasteiger partial charge is 0.493 e. The molecule has 5 nitrogen and oxygen atoms in total. The van der Waals surface area contributed by atoms with Gasteiger partial charge in [-0.1, -0.05) is 19.1 Å². The smallest absolute Gasteiger partial charge is 0.261 e. The number of para-hydroxylation sites is 1. The van der Waals surface area contributed by atoms with Gasteiger partial charge in [0.1, 0.15) is 11.6 Å². The lowest BCUT2D eigenvalue weighted by Crippen LogP contribution is -2.13. The Hall–Kier alpha value is -1.95. The maximum absolute atomic E-state index is 12.2. The van der Waals surface area contributed by atoms with E-state index in [1.807, 2.05) is 13.0 Å². The Morgan fingerprint density at radius 1 is 1.42 bits per heavy atom. The molecule has 6 heteroatoms. The van der Waals surface area contributed by atoms with Gasteiger partial charge in [-0.25, -0.2) is 4.98 Å². The lowest BCUT2D eigenvalue weighted by molar-refractivity contribution is 0.102. The average Bonchev–Trinajstić information content (AvgIpc) is 2.82. The number of carbonyl (C=O) groups excluding carboxylic acids is 1. The summed E-state index contributed by atoms with van der Waals surface area (Å²) in [5.41, 5.74) is 0.504. The first kappa shape index (κ1) is 13.5. The SMILES string of the molecule is CCCOc1ccccc1C(=O)Nc1nc(C)ns1. The van der Waals surface area contributed by atoms with E-state index in [1.54, 1.807) is 25.1 Å². The van der Waals surface area contributed by atoms with Crippen molar-refractivity contribution in [2.24, 2.45) is 0 Å². The number of aryl methyl sites for hydroxylation is 1. The van der Waals surface area contributed by atoms with E-state index in [2.05, 4.69) is 14.7 Å². The summed E-state index contributed by atoms with van der Waals surface area (Å²) < 4.78 is 9.58. The van der Waals surface area contributed by atoms with Crippen molar-refractivity contribution in [3.63, 3.8) is 0 Å². The van der Waals surface area contributed by atoms with Gasteiger partial charge in [0.15, 0.2) is 0 Å². The molecule has 0 bridgehead atoms. The number of hydrogen-bond acceptors (Lipinski definition) is 5. The topological polar surface area (TPSA) is 64.1 Å². The molecule has 2 rings (SSSR count). The van der Waals surface area contributed by atoms with Crippen LogP contribution in [0.2, 0.25) is 0 Å². The normalized spacial score (nSPS) is 10.2. The van der Waals surface area contributed by atoms with E-state index in [1.165, 1.54) is 0 Å². The highest BCUT2D eigenvalue weighted by Gasteiger charge is 2.13. The van der Waals surface area contributed by atoms with Gasteiger partial charge in [0.25, 0.3) is 5.91 Å². The third-order valence-electron chi connectivity index (χ3n) is 2.34. The van der Waals surface area contributed by atoms with Gasteiger partial charge in [-0.15, -0.1) is 0 Å². The fraction of sp³-hybridized carbons (Fsp3) is 0.308. The molecule has 0 fully saturated rings. The fourth-order valence-electron chi connectivity index (χ4n) is 1.50. The zero-order valence-electron chi connectivity index (χ0n) is 10.8. The van der Waals surface area contributed by atoms with Crippen LogP contribution in [0.4, 0.5) is 5.13 Å². The van der Waals surface area contributed by atoms with E-state index >= 15 is 0 Å². The summed E-state index contributed by atoms with van der Waals surface area (Å²) in [6.45, 7) is 4.39. The number of nitrogens with zero attached hydrogens (tertiary/aromatic N) is 2. The molecule has 0 aliphatic heterocycles. The third-order valence-corrected chi connectivity index (χ3v) is 3.06. The Labute approximate surface area is 115 Å². The molecule has 1 heterocycles. The molecule has 0 saturated heterocycles. The summed E-state index contributed by atoms with van der Waals surface area (Å²) in [6, 6.07) is 7.17. The average molecular weight is 277 g/mol. The predicted octanol–water partition coefficient (Wildman–Crippen LogP) is 2.89. The molecule has 0 aliphatic carbocycles. The molecule has 2 aromatic rings. The number of rotatable bonds is 5. The molecule has 1 amide bonds. The molecule has 0 unspecified atom stereocenters. The van der Waals surface area contributed by atoms with Gasteiger partial charge >= 0.3 is 0 Å². The Kier molecular flexibility index (Phi) is 4.46. The van der Waals surface area contributed by atoms with Crippen molar-refractivity contribution in [1.82, 2.24) is 9.36 Å². The van der Waals surface area contributed by atoms with Crippen LogP contribution in [-0.4, -0.2) is 21.9 Å². The van der Waals surface area contributed by atoms with Gasteiger partial charge < -0.3 is 4.74 Å². The molecule has 1 aromatic heterocycles. The summed E-state index contributed by atoms with van der Waals surface area (Å²) in [7, 11) is 0. The number of aromatic nitrogens is 2. The summed E-state index contributed by atoms with van der Waals surface area (Å²) in [4.78, 5) is 16.3. The number of anilines is 1. The molecule has 0 saturated carbocycles. The standard InChI is InChI=1S/C13H15N3O2S/c1-3-8-18-11-7-5-4-6-10(11)12(17)15-13-14-9(2)16-19-13/h4-7H,3,8H2,1-2H3,(H,14,15,16,17). The summed E-state index contributed by atoms with van der Waals surface area (Å²) in [5, 5.41) is 3.22. The number of nitrogens with one attached hydrogen (secondary N) is 1. The van der Waals surface area contributed by atoms with Crippen LogP contribution in [0.15, 0.2) is 24.3 Å². The van der Waals surface area contributed by atoms with E-state index in [9.17, 15) is 4.79 Å². The number of hydrogen-bond donors (Lipinski definition) is 1.